The first-order valence-electron chi connectivity index (χ1n) is 24.0. The Morgan fingerprint density at radius 3 is 1.77 bits per heavy atom. The summed E-state index contributed by atoms with van der Waals surface area (Å²) in [4.78, 5) is 7.83. The molecule has 3 heterocycles. The SMILES string of the molecule is CC(C)(C)c1cccc(N2c3cc(C(C)(C)C)ccc3B3c4cc5c(cc4N(c4ccccc4)c4cc(N6c7ccc(F)cc7C7(C)CCCC67C)cc2c43)C(C)(C)CCC5(C)C)c1. The molecule has 3 aliphatic heterocycles. The van der Waals surface area contributed by atoms with Crippen LogP contribution >= 0.6 is 0 Å². The zero-order valence-electron chi connectivity index (χ0n) is 40.3. The minimum Gasteiger partial charge on any atom is -0.334 e. The molecule has 11 rings (SSSR count). The maximum Gasteiger partial charge on any atom is 0.252 e. The van der Waals surface area contributed by atoms with Gasteiger partial charge in [-0.25, -0.2) is 4.39 Å². The van der Waals surface area contributed by atoms with Crippen LogP contribution in [0.25, 0.3) is 0 Å². The van der Waals surface area contributed by atoms with Crippen LogP contribution in [0.3, 0.4) is 0 Å². The lowest BCUT2D eigenvalue weighted by Crippen LogP contribution is -2.62. The minimum atomic E-state index is -0.245. The molecule has 0 radical (unpaired) electrons. The normalized spacial score (nSPS) is 22.4. The van der Waals surface area contributed by atoms with Crippen molar-refractivity contribution in [1.82, 2.24) is 0 Å². The topological polar surface area (TPSA) is 9.72 Å². The molecule has 2 unspecified atom stereocenters. The van der Waals surface area contributed by atoms with Crippen molar-refractivity contribution < 1.29 is 4.39 Å². The van der Waals surface area contributed by atoms with Crippen molar-refractivity contribution >= 4 is 68.6 Å². The van der Waals surface area contributed by atoms with Gasteiger partial charge in [0.05, 0.1) is 5.54 Å². The smallest absolute Gasteiger partial charge is 0.252 e. The third kappa shape index (κ3) is 5.77. The number of benzene rings is 6. The van der Waals surface area contributed by atoms with Crippen LogP contribution in [-0.2, 0) is 27.1 Å². The highest BCUT2D eigenvalue weighted by molar-refractivity contribution is 7.00. The molecule has 6 aromatic rings. The molecule has 0 aromatic heterocycles. The van der Waals surface area contributed by atoms with E-state index in [9.17, 15) is 0 Å². The van der Waals surface area contributed by atoms with Gasteiger partial charge in [0.15, 0.2) is 0 Å². The van der Waals surface area contributed by atoms with Gasteiger partial charge in [-0.3, -0.25) is 0 Å². The van der Waals surface area contributed by atoms with Gasteiger partial charge in [0.1, 0.15) is 5.82 Å². The zero-order valence-corrected chi connectivity index (χ0v) is 40.3. The van der Waals surface area contributed by atoms with Gasteiger partial charge in [-0.15, -0.1) is 0 Å². The van der Waals surface area contributed by atoms with Crippen molar-refractivity contribution in [2.45, 2.75) is 148 Å². The van der Waals surface area contributed by atoms with E-state index in [2.05, 4.69) is 201 Å². The summed E-state index contributed by atoms with van der Waals surface area (Å²) in [5, 5.41) is 0. The molecule has 2 atom stereocenters. The monoisotopic (exact) mass is 846 g/mol. The second-order valence-corrected chi connectivity index (χ2v) is 23.8. The van der Waals surface area contributed by atoms with E-state index in [1.54, 1.807) is 6.07 Å². The third-order valence-electron chi connectivity index (χ3n) is 17.0. The third-order valence-corrected chi connectivity index (χ3v) is 17.0. The molecular weight excluding hydrogens is 780 g/mol. The summed E-state index contributed by atoms with van der Waals surface area (Å²) in [5.41, 5.74) is 19.9. The molecule has 64 heavy (non-hydrogen) atoms. The number of anilines is 8. The number of para-hydroxylation sites is 1. The molecule has 1 fully saturated rings. The van der Waals surface area contributed by atoms with Crippen molar-refractivity contribution in [3.05, 3.63) is 149 Å². The van der Waals surface area contributed by atoms with E-state index < -0.39 is 0 Å². The Morgan fingerprint density at radius 1 is 0.484 bits per heavy atom. The second-order valence-electron chi connectivity index (χ2n) is 23.8. The summed E-state index contributed by atoms with van der Waals surface area (Å²) in [6, 6.07) is 43.6. The molecular formula is C59H65BFN3. The van der Waals surface area contributed by atoms with Crippen LogP contribution < -0.4 is 31.1 Å². The van der Waals surface area contributed by atoms with Crippen LogP contribution in [0.4, 0.5) is 49.9 Å². The maximum absolute atomic E-state index is 15.4. The van der Waals surface area contributed by atoms with E-state index in [-0.39, 0.29) is 45.1 Å². The molecule has 0 saturated heterocycles. The number of rotatable bonds is 3. The predicted molar refractivity (Wildman–Crippen MR) is 271 cm³/mol. The summed E-state index contributed by atoms with van der Waals surface area (Å²) in [6.45, 7) is 28.6. The first kappa shape index (κ1) is 41.4. The summed E-state index contributed by atoms with van der Waals surface area (Å²) in [7, 11) is 0. The van der Waals surface area contributed by atoms with Crippen molar-refractivity contribution in [3.8, 4) is 0 Å². The molecule has 3 nitrogen and oxygen atoms in total. The fourth-order valence-corrected chi connectivity index (χ4v) is 12.8. The Hall–Kier alpha value is -5.29. The molecule has 5 heteroatoms. The quantitative estimate of drug-likeness (QED) is 0.164. The summed E-state index contributed by atoms with van der Waals surface area (Å²) < 4.78 is 15.4. The number of hydrogen-bond donors (Lipinski definition) is 0. The van der Waals surface area contributed by atoms with E-state index in [0.29, 0.717) is 0 Å². The Morgan fingerprint density at radius 2 is 1.09 bits per heavy atom. The minimum absolute atomic E-state index is 0.00138. The van der Waals surface area contributed by atoms with E-state index >= 15 is 4.39 Å². The fourth-order valence-electron chi connectivity index (χ4n) is 12.8. The highest BCUT2D eigenvalue weighted by atomic mass is 19.1. The van der Waals surface area contributed by atoms with Crippen LogP contribution in [0.1, 0.15) is 143 Å². The van der Waals surface area contributed by atoms with Crippen molar-refractivity contribution in [2.75, 3.05) is 14.7 Å². The highest BCUT2D eigenvalue weighted by Crippen LogP contribution is 2.63. The lowest BCUT2D eigenvalue weighted by molar-refractivity contribution is 0.330. The largest absolute Gasteiger partial charge is 0.334 e. The van der Waals surface area contributed by atoms with Crippen molar-refractivity contribution in [1.29, 1.82) is 0 Å². The van der Waals surface area contributed by atoms with Crippen molar-refractivity contribution in [2.24, 2.45) is 0 Å². The molecule has 6 aromatic carbocycles. The van der Waals surface area contributed by atoms with Crippen LogP contribution in [0.2, 0.25) is 0 Å². The van der Waals surface area contributed by atoms with Crippen LogP contribution in [0.15, 0.2) is 115 Å². The fraction of sp³-hybridized carbons (Fsp3) is 0.390. The Bertz CT molecular complexity index is 2920. The molecule has 2 aliphatic carbocycles. The first-order chi connectivity index (χ1) is 30.1. The molecule has 326 valence electrons. The Balaban J connectivity index is 1.30. The summed E-state index contributed by atoms with van der Waals surface area (Å²) in [5.74, 6) is -0.156. The number of hydrogen-bond acceptors (Lipinski definition) is 3. The lowest BCUT2D eigenvalue weighted by Gasteiger charge is -2.48. The zero-order chi connectivity index (χ0) is 45.1. The van der Waals surface area contributed by atoms with Crippen molar-refractivity contribution in [3.63, 3.8) is 0 Å². The molecule has 0 bridgehead atoms. The van der Waals surface area contributed by atoms with E-state index in [1.807, 2.05) is 6.07 Å². The van der Waals surface area contributed by atoms with Gasteiger partial charge in [-0.2, -0.15) is 0 Å². The van der Waals surface area contributed by atoms with Gasteiger partial charge in [-0.1, -0.05) is 131 Å². The highest BCUT2D eigenvalue weighted by Gasteiger charge is 2.60. The Labute approximate surface area is 382 Å². The van der Waals surface area contributed by atoms with E-state index in [1.165, 1.54) is 67.1 Å². The number of fused-ring (bicyclic) bond motifs is 8. The predicted octanol–water partition coefficient (Wildman–Crippen LogP) is 14.2. The van der Waals surface area contributed by atoms with Crippen LogP contribution in [0.5, 0.6) is 0 Å². The number of halogens is 1. The Kier molecular flexibility index (Phi) is 8.67. The van der Waals surface area contributed by atoms with E-state index in [0.717, 1.165) is 54.7 Å². The molecule has 0 N–H and O–H groups in total. The first-order valence-corrected chi connectivity index (χ1v) is 24.0. The molecule has 1 saturated carbocycles. The number of nitrogens with zero attached hydrogens (tertiary/aromatic N) is 3. The second kappa shape index (κ2) is 13.4. The average molecular weight is 846 g/mol. The summed E-state index contributed by atoms with van der Waals surface area (Å²) >= 11 is 0. The van der Waals surface area contributed by atoms with Crippen LogP contribution in [0, 0.1) is 5.82 Å². The van der Waals surface area contributed by atoms with E-state index in [4.69, 9.17) is 0 Å². The van der Waals surface area contributed by atoms with Gasteiger partial charge in [0.25, 0.3) is 6.71 Å². The average Bonchev–Trinajstić information content (AvgIpc) is 3.65. The van der Waals surface area contributed by atoms with Gasteiger partial charge in [-0.05, 0) is 165 Å². The lowest BCUT2D eigenvalue weighted by atomic mass is 9.33. The standard InChI is InChI=1S/C59H65BFN3/c1-54(2,3)37-18-16-21-41(30-37)63-49-31-38(55(4,5)6)22-24-46(49)60-47-35-43-44(57(9,10)29-28-56(43,7)8)36-50(47)62(40-19-14-13-15-20-40)51-33-42(34-52(63)53(51)60)64-48-25-23-39(61)32-45(48)58(11)26-17-27-59(58,64)12/h13-16,18-25,30-36H,17,26-29H2,1-12H3. The van der Waals surface area contributed by atoms with Crippen LogP contribution in [-0.4, -0.2) is 12.3 Å². The maximum atomic E-state index is 15.4. The molecule has 5 aliphatic rings. The van der Waals surface area contributed by atoms with Gasteiger partial charge in [0, 0.05) is 50.9 Å². The summed E-state index contributed by atoms with van der Waals surface area (Å²) in [6.07, 6.45) is 5.48. The van der Waals surface area contributed by atoms with Gasteiger partial charge < -0.3 is 14.7 Å². The van der Waals surface area contributed by atoms with Gasteiger partial charge >= 0.3 is 0 Å². The molecule has 0 amide bonds. The molecule has 0 spiro atoms. The van der Waals surface area contributed by atoms with Gasteiger partial charge in [0.2, 0.25) is 0 Å².